The van der Waals surface area contributed by atoms with Crippen LogP contribution in [0.15, 0.2) is 12.1 Å². The molecule has 0 bridgehead atoms. The van der Waals surface area contributed by atoms with E-state index in [9.17, 15) is 13.2 Å². The first-order chi connectivity index (χ1) is 8.87. The van der Waals surface area contributed by atoms with E-state index in [1.807, 2.05) is 26.0 Å². The molecule has 19 heavy (non-hydrogen) atoms. The molecule has 0 spiro atoms. The number of nitrogens with zero attached hydrogens (tertiary/aromatic N) is 1. The van der Waals surface area contributed by atoms with Crippen molar-refractivity contribution in [3.8, 4) is 0 Å². The van der Waals surface area contributed by atoms with Crippen LogP contribution < -0.4 is 5.32 Å². The Morgan fingerprint density at radius 2 is 2.00 bits per heavy atom. The lowest BCUT2D eigenvalue weighted by Crippen LogP contribution is -2.36. The van der Waals surface area contributed by atoms with Crippen LogP contribution in [0.1, 0.15) is 24.2 Å². The number of carbonyl (C=O) groups excluding carboxylic acids is 1. The van der Waals surface area contributed by atoms with Crippen LogP contribution in [0.25, 0.3) is 0 Å². The van der Waals surface area contributed by atoms with Gasteiger partial charge in [0, 0.05) is 30.4 Å². The van der Waals surface area contributed by atoms with Crippen molar-refractivity contribution >= 4 is 15.7 Å². The summed E-state index contributed by atoms with van der Waals surface area (Å²) < 4.78 is 24.7. The molecule has 2 heterocycles. The Bertz CT molecular complexity index is 555. The van der Waals surface area contributed by atoms with Gasteiger partial charge in [-0.2, -0.15) is 0 Å². The van der Waals surface area contributed by atoms with Crippen molar-refractivity contribution in [2.45, 2.75) is 39.3 Å². The van der Waals surface area contributed by atoms with Gasteiger partial charge in [0.15, 0.2) is 9.84 Å². The molecule has 106 valence electrons. The van der Waals surface area contributed by atoms with E-state index in [4.69, 9.17) is 0 Å². The second-order valence-corrected chi connectivity index (χ2v) is 7.41. The molecular formula is C13H20N2O3S. The highest BCUT2D eigenvalue weighted by atomic mass is 32.2. The molecule has 5 nitrogen and oxygen atoms in total. The van der Waals surface area contributed by atoms with E-state index in [0.29, 0.717) is 19.4 Å². The Hall–Kier alpha value is -1.30. The van der Waals surface area contributed by atoms with Gasteiger partial charge in [0.2, 0.25) is 5.91 Å². The van der Waals surface area contributed by atoms with Crippen molar-refractivity contribution < 1.29 is 13.2 Å². The lowest BCUT2D eigenvalue weighted by atomic mass is 10.2. The van der Waals surface area contributed by atoms with E-state index < -0.39 is 9.84 Å². The van der Waals surface area contributed by atoms with Crippen molar-refractivity contribution in [2.75, 3.05) is 11.5 Å². The van der Waals surface area contributed by atoms with Crippen LogP contribution in [0, 0.1) is 13.8 Å². The number of hydrogen-bond acceptors (Lipinski definition) is 3. The summed E-state index contributed by atoms with van der Waals surface area (Å²) >= 11 is 0. The van der Waals surface area contributed by atoms with Crippen LogP contribution >= 0.6 is 0 Å². The SMILES string of the molecule is Cc1ccc(C)n1CCC(=O)NC1CCS(=O)(=O)C1. The van der Waals surface area contributed by atoms with Crippen molar-refractivity contribution in [1.82, 2.24) is 9.88 Å². The predicted octanol–water partition coefficient (Wildman–Crippen LogP) is 0.798. The molecular weight excluding hydrogens is 264 g/mol. The third-order valence-electron chi connectivity index (χ3n) is 3.58. The Balaban J connectivity index is 1.83. The Labute approximate surface area is 113 Å². The number of nitrogens with one attached hydrogen (secondary N) is 1. The second-order valence-electron chi connectivity index (χ2n) is 5.19. The number of hydrogen-bond donors (Lipinski definition) is 1. The summed E-state index contributed by atoms with van der Waals surface area (Å²) in [6.45, 7) is 4.65. The molecule has 1 N–H and O–H groups in total. The predicted molar refractivity (Wildman–Crippen MR) is 73.7 cm³/mol. The van der Waals surface area contributed by atoms with Crippen molar-refractivity contribution in [2.24, 2.45) is 0 Å². The number of carbonyl (C=O) groups is 1. The van der Waals surface area contributed by atoms with Crippen molar-refractivity contribution in [1.29, 1.82) is 0 Å². The van der Waals surface area contributed by atoms with E-state index in [0.717, 1.165) is 11.4 Å². The highest BCUT2D eigenvalue weighted by Crippen LogP contribution is 2.12. The van der Waals surface area contributed by atoms with Gasteiger partial charge in [-0.25, -0.2) is 8.42 Å². The van der Waals surface area contributed by atoms with Gasteiger partial charge in [0.1, 0.15) is 0 Å². The molecule has 1 atom stereocenters. The molecule has 6 heteroatoms. The zero-order chi connectivity index (χ0) is 14.0. The molecule has 1 fully saturated rings. The first kappa shape index (κ1) is 14.1. The highest BCUT2D eigenvalue weighted by Gasteiger charge is 2.28. The molecule has 1 aliphatic heterocycles. The fourth-order valence-corrected chi connectivity index (χ4v) is 4.15. The Morgan fingerprint density at radius 1 is 1.37 bits per heavy atom. The highest BCUT2D eigenvalue weighted by molar-refractivity contribution is 7.91. The van der Waals surface area contributed by atoms with Gasteiger partial charge in [0.25, 0.3) is 0 Å². The maximum atomic E-state index is 11.8. The van der Waals surface area contributed by atoms with Crippen LogP contribution in [-0.4, -0.2) is 36.4 Å². The second kappa shape index (κ2) is 5.36. The summed E-state index contributed by atoms with van der Waals surface area (Å²) in [6, 6.07) is 3.84. The van der Waals surface area contributed by atoms with Crippen molar-refractivity contribution in [3.63, 3.8) is 0 Å². The van der Waals surface area contributed by atoms with Gasteiger partial charge < -0.3 is 9.88 Å². The molecule has 1 amide bonds. The number of aryl methyl sites for hydroxylation is 2. The van der Waals surface area contributed by atoms with Crippen LogP contribution in [0.5, 0.6) is 0 Å². The molecule has 0 radical (unpaired) electrons. The van der Waals surface area contributed by atoms with Crippen LogP contribution in [0.3, 0.4) is 0 Å². The number of amides is 1. The minimum Gasteiger partial charge on any atom is -0.352 e. The van der Waals surface area contributed by atoms with E-state index in [1.54, 1.807) is 0 Å². The summed E-state index contributed by atoms with van der Waals surface area (Å²) in [5.74, 6) is 0.197. The first-order valence-electron chi connectivity index (χ1n) is 6.50. The fraction of sp³-hybridized carbons (Fsp3) is 0.615. The van der Waals surface area contributed by atoms with Crippen LogP contribution in [0.2, 0.25) is 0 Å². The molecule has 2 rings (SSSR count). The number of aromatic nitrogens is 1. The van der Waals surface area contributed by atoms with Gasteiger partial charge in [0.05, 0.1) is 11.5 Å². The summed E-state index contributed by atoms with van der Waals surface area (Å²) in [5.41, 5.74) is 2.27. The molecule has 0 saturated carbocycles. The molecule has 0 aliphatic carbocycles. The van der Waals surface area contributed by atoms with E-state index in [-0.39, 0.29) is 23.5 Å². The quantitative estimate of drug-likeness (QED) is 0.889. The largest absolute Gasteiger partial charge is 0.352 e. The maximum absolute atomic E-state index is 11.8. The lowest BCUT2D eigenvalue weighted by Gasteiger charge is -2.12. The van der Waals surface area contributed by atoms with E-state index in [1.165, 1.54) is 0 Å². The molecule has 1 aromatic heterocycles. The molecule has 1 unspecified atom stereocenters. The Kier molecular flexibility index (Phi) is 3.99. The Morgan fingerprint density at radius 3 is 2.53 bits per heavy atom. The van der Waals surface area contributed by atoms with Gasteiger partial charge >= 0.3 is 0 Å². The molecule has 1 aromatic rings. The summed E-state index contributed by atoms with van der Waals surface area (Å²) in [4.78, 5) is 11.8. The summed E-state index contributed by atoms with van der Waals surface area (Å²) in [5, 5.41) is 2.80. The number of sulfone groups is 1. The first-order valence-corrected chi connectivity index (χ1v) is 8.32. The molecule has 1 saturated heterocycles. The average molecular weight is 284 g/mol. The topological polar surface area (TPSA) is 68.2 Å². The maximum Gasteiger partial charge on any atom is 0.222 e. The van der Waals surface area contributed by atoms with Gasteiger partial charge in [-0.3, -0.25) is 4.79 Å². The minimum absolute atomic E-state index is 0.0744. The lowest BCUT2D eigenvalue weighted by molar-refractivity contribution is -0.121. The van der Waals surface area contributed by atoms with Gasteiger partial charge in [-0.15, -0.1) is 0 Å². The molecule has 0 aromatic carbocycles. The molecule has 1 aliphatic rings. The smallest absolute Gasteiger partial charge is 0.222 e. The van der Waals surface area contributed by atoms with Crippen LogP contribution in [0.4, 0.5) is 0 Å². The standard InChI is InChI=1S/C13H20N2O3S/c1-10-3-4-11(2)15(10)7-5-13(16)14-12-6-8-19(17,18)9-12/h3-4,12H,5-9H2,1-2H3,(H,14,16). The third-order valence-corrected chi connectivity index (χ3v) is 5.35. The van der Waals surface area contributed by atoms with E-state index in [2.05, 4.69) is 9.88 Å². The fourth-order valence-electron chi connectivity index (χ4n) is 2.47. The average Bonchev–Trinajstić information content (AvgIpc) is 2.80. The van der Waals surface area contributed by atoms with Gasteiger partial charge in [-0.1, -0.05) is 0 Å². The summed E-state index contributed by atoms with van der Waals surface area (Å²) in [6.07, 6.45) is 0.919. The monoisotopic (exact) mass is 284 g/mol. The van der Waals surface area contributed by atoms with Crippen LogP contribution in [-0.2, 0) is 21.2 Å². The zero-order valence-electron chi connectivity index (χ0n) is 11.3. The normalized spacial score (nSPS) is 21.5. The van der Waals surface area contributed by atoms with Gasteiger partial charge in [-0.05, 0) is 32.4 Å². The third kappa shape index (κ3) is 3.59. The van der Waals surface area contributed by atoms with Crippen molar-refractivity contribution in [3.05, 3.63) is 23.5 Å². The summed E-state index contributed by atoms with van der Waals surface area (Å²) in [7, 11) is -2.93. The van der Waals surface area contributed by atoms with E-state index >= 15 is 0 Å². The number of rotatable bonds is 4. The minimum atomic E-state index is -2.93. The zero-order valence-corrected chi connectivity index (χ0v) is 12.2.